The quantitative estimate of drug-likeness (QED) is 0.816. The molecule has 1 aromatic carbocycles. The van der Waals surface area contributed by atoms with E-state index in [0.29, 0.717) is 29.4 Å². The SMILES string of the molecule is COc1cc(NCc2cc(C)on2)c(F)cc1N. The number of halogens is 1. The summed E-state index contributed by atoms with van der Waals surface area (Å²) in [4.78, 5) is 0. The molecule has 0 unspecified atom stereocenters. The molecule has 0 aliphatic heterocycles. The van der Waals surface area contributed by atoms with E-state index in [2.05, 4.69) is 10.5 Å². The van der Waals surface area contributed by atoms with E-state index in [1.807, 2.05) is 0 Å². The molecule has 96 valence electrons. The molecule has 2 rings (SSSR count). The highest BCUT2D eigenvalue weighted by Gasteiger charge is 2.09. The minimum absolute atomic E-state index is 0.262. The lowest BCUT2D eigenvalue weighted by molar-refractivity contribution is 0.391. The standard InChI is InChI=1S/C12H14FN3O2/c1-7-3-8(16-18-7)6-15-11-5-12(17-2)10(14)4-9(11)13/h3-5,15H,6,14H2,1-2H3. The first-order valence-electron chi connectivity index (χ1n) is 5.39. The van der Waals surface area contributed by atoms with Gasteiger partial charge in [0.1, 0.15) is 23.0 Å². The molecular weight excluding hydrogens is 237 g/mol. The zero-order valence-corrected chi connectivity index (χ0v) is 10.2. The summed E-state index contributed by atoms with van der Waals surface area (Å²) >= 11 is 0. The fourth-order valence-corrected chi connectivity index (χ4v) is 1.57. The Labute approximate surface area is 104 Å². The molecule has 1 aromatic heterocycles. The monoisotopic (exact) mass is 251 g/mol. The molecule has 0 atom stereocenters. The summed E-state index contributed by atoms with van der Waals surface area (Å²) in [5, 5.41) is 6.72. The number of ether oxygens (including phenoxy) is 1. The predicted octanol–water partition coefficient (Wildman–Crippen LogP) is 2.33. The number of rotatable bonds is 4. The van der Waals surface area contributed by atoms with Crippen molar-refractivity contribution in [3.63, 3.8) is 0 Å². The number of nitrogens with two attached hydrogens (primary N) is 1. The van der Waals surface area contributed by atoms with E-state index in [0.717, 1.165) is 0 Å². The molecule has 0 aliphatic rings. The number of benzene rings is 1. The average molecular weight is 251 g/mol. The first-order valence-corrected chi connectivity index (χ1v) is 5.39. The average Bonchev–Trinajstić information content (AvgIpc) is 2.74. The first kappa shape index (κ1) is 12.2. The summed E-state index contributed by atoms with van der Waals surface area (Å²) in [6.07, 6.45) is 0. The van der Waals surface area contributed by atoms with Crippen LogP contribution in [0, 0.1) is 12.7 Å². The Hall–Kier alpha value is -2.24. The first-order chi connectivity index (χ1) is 8.60. The van der Waals surface area contributed by atoms with Crippen molar-refractivity contribution in [3.8, 4) is 5.75 Å². The molecule has 0 bridgehead atoms. The van der Waals surface area contributed by atoms with Crippen LogP contribution in [-0.4, -0.2) is 12.3 Å². The fraction of sp³-hybridized carbons (Fsp3) is 0.250. The summed E-state index contributed by atoms with van der Waals surface area (Å²) in [6, 6.07) is 4.51. The lowest BCUT2D eigenvalue weighted by Gasteiger charge is -2.10. The molecule has 6 heteroatoms. The van der Waals surface area contributed by atoms with Crippen molar-refractivity contribution in [2.45, 2.75) is 13.5 Å². The van der Waals surface area contributed by atoms with E-state index in [-0.39, 0.29) is 5.69 Å². The van der Waals surface area contributed by atoms with Crippen LogP contribution in [0.3, 0.4) is 0 Å². The van der Waals surface area contributed by atoms with Gasteiger partial charge in [-0.25, -0.2) is 4.39 Å². The molecule has 0 radical (unpaired) electrons. The molecule has 18 heavy (non-hydrogen) atoms. The molecule has 3 N–H and O–H groups in total. The van der Waals surface area contributed by atoms with Gasteiger partial charge in [0.25, 0.3) is 0 Å². The summed E-state index contributed by atoms with van der Waals surface area (Å²) in [7, 11) is 1.48. The number of nitrogens with one attached hydrogen (secondary N) is 1. The number of nitrogen functional groups attached to an aromatic ring is 1. The molecule has 2 aromatic rings. The van der Waals surface area contributed by atoms with Gasteiger partial charge in [0.15, 0.2) is 0 Å². The minimum Gasteiger partial charge on any atom is -0.495 e. The van der Waals surface area contributed by atoms with Crippen molar-refractivity contribution in [3.05, 3.63) is 35.5 Å². The van der Waals surface area contributed by atoms with Crippen LogP contribution in [0.2, 0.25) is 0 Å². The maximum atomic E-state index is 13.6. The van der Waals surface area contributed by atoms with Crippen molar-refractivity contribution in [1.29, 1.82) is 0 Å². The van der Waals surface area contributed by atoms with Gasteiger partial charge >= 0.3 is 0 Å². The van der Waals surface area contributed by atoms with E-state index >= 15 is 0 Å². The van der Waals surface area contributed by atoms with E-state index in [9.17, 15) is 4.39 Å². The molecule has 0 saturated heterocycles. The van der Waals surface area contributed by atoms with Crippen molar-refractivity contribution in [1.82, 2.24) is 5.16 Å². The number of aromatic nitrogens is 1. The van der Waals surface area contributed by atoms with Gasteiger partial charge in [-0.2, -0.15) is 0 Å². The van der Waals surface area contributed by atoms with Gasteiger partial charge in [0, 0.05) is 18.2 Å². The van der Waals surface area contributed by atoms with Gasteiger partial charge in [-0.05, 0) is 6.92 Å². The molecule has 0 spiro atoms. The minimum atomic E-state index is -0.437. The van der Waals surface area contributed by atoms with Crippen LogP contribution in [0.5, 0.6) is 5.75 Å². The maximum absolute atomic E-state index is 13.6. The van der Waals surface area contributed by atoms with Gasteiger partial charge in [-0.1, -0.05) is 5.16 Å². The van der Waals surface area contributed by atoms with Crippen LogP contribution in [0.4, 0.5) is 15.8 Å². The van der Waals surface area contributed by atoms with Crippen LogP contribution < -0.4 is 15.8 Å². The molecule has 5 nitrogen and oxygen atoms in total. The Bertz CT molecular complexity index is 554. The Morgan fingerprint density at radius 3 is 2.83 bits per heavy atom. The lowest BCUT2D eigenvalue weighted by atomic mass is 10.2. The Morgan fingerprint density at radius 1 is 1.44 bits per heavy atom. The van der Waals surface area contributed by atoms with Crippen molar-refractivity contribution < 1.29 is 13.7 Å². The fourth-order valence-electron chi connectivity index (χ4n) is 1.57. The van der Waals surface area contributed by atoms with Crippen molar-refractivity contribution in [2.75, 3.05) is 18.2 Å². The third-order valence-electron chi connectivity index (χ3n) is 2.46. The number of anilines is 2. The summed E-state index contributed by atoms with van der Waals surface area (Å²) in [5.41, 5.74) is 6.86. The second-order valence-corrected chi connectivity index (χ2v) is 3.86. The van der Waals surface area contributed by atoms with Gasteiger partial charge in [-0.15, -0.1) is 0 Å². The van der Waals surface area contributed by atoms with Crippen LogP contribution in [0.15, 0.2) is 22.7 Å². The van der Waals surface area contributed by atoms with E-state index < -0.39 is 5.82 Å². The lowest BCUT2D eigenvalue weighted by Crippen LogP contribution is -2.03. The van der Waals surface area contributed by atoms with E-state index in [1.165, 1.54) is 19.2 Å². The number of hydrogen-bond acceptors (Lipinski definition) is 5. The highest BCUT2D eigenvalue weighted by molar-refractivity contribution is 5.62. The third-order valence-corrected chi connectivity index (χ3v) is 2.46. The second-order valence-electron chi connectivity index (χ2n) is 3.86. The van der Waals surface area contributed by atoms with E-state index in [1.54, 1.807) is 13.0 Å². The van der Waals surface area contributed by atoms with Crippen molar-refractivity contribution >= 4 is 11.4 Å². The number of aryl methyl sites for hydroxylation is 1. The summed E-state index contributed by atoms with van der Waals surface area (Å²) in [6.45, 7) is 2.16. The molecule has 1 heterocycles. The highest BCUT2D eigenvalue weighted by atomic mass is 19.1. The van der Waals surface area contributed by atoms with Crippen LogP contribution >= 0.6 is 0 Å². The Kier molecular flexibility index (Phi) is 3.36. The Balaban J connectivity index is 2.13. The van der Waals surface area contributed by atoms with Crippen LogP contribution in [-0.2, 0) is 6.54 Å². The zero-order chi connectivity index (χ0) is 13.1. The van der Waals surface area contributed by atoms with E-state index in [4.69, 9.17) is 15.0 Å². The molecule has 0 amide bonds. The molecule has 0 saturated carbocycles. The summed E-state index contributed by atoms with van der Waals surface area (Å²) < 4.78 is 23.6. The Morgan fingerprint density at radius 2 is 2.22 bits per heavy atom. The number of hydrogen-bond donors (Lipinski definition) is 2. The van der Waals surface area contributed by atoms with Gasteiger partial charge in [-0.3, -0.25) is 0 Å². The maximum Gasteiger partial charge on any atom is 0.148 e. The second kappa shape index (κ2) is 4.95. The summed E-state index contributed by atoms with van der Waals surface area (Å²) in [5.74, 6) is 0.700. The van der Waals surface area contributed by atoms with Gasteiger partial charge in [0.2, 0.25) is 0 Å². The number of methoxy groups -OCH3 is 1. The smallest absolute Gasteiger partial charge is 0.148 e. The number of nitrogens with zero attached hydrogens (tertiary/aromatic N) is 1. The van der Waals surface area contributed by atoms with Gasteiger partial charge < -0.3 is 20.3 Å². The highest BCUT2D eigenvalue weighted by Crippen LogP contribution is 2.28. The third kappa shape index (κ3) is 2.53. The van der Waals surface area contributed by atoms with Crippen LogP contribution in [0.1, 0.15) is 11.5 Å². The van der Waals surface area contributed by atoms with Crippen molar-refractivity contribution in [2.24, 2.45) is 0 Å². The topological polar surface area (TPSA) is 73.3 Å². The normalized spacial score (nSPS) is 10.4. The zero-order valence-electron chi connectivity index (χ0n) is 10.2. The molecular formula is C12H14FN3O2. The van der Waals surface area contributed by atoms with Gasteiger partial charge in [0.05, 0.1) is 25.0 Å². The largest absolute Gasteiger partial charge is 0.495 e. The molecule has 0 fully saturated rings. The molecule has 0 aliphatic carbocycles. The van der Waals surface area contributed by atoms with Crippen LogP contribution in [0.25, 0.3) is 0 Å². The predicted molar refractivity (Wildman–Crippen MR) is 65.9 cm³/mol.